The lowest BCUT2D eigenvalue weighted by Gasteiger charge is -2.12. The van der Waals surface area contributed by atoms with Gasteiger partial charge in [0.15, 0.2) is 0 Å². The van der Waals surface area contributed by atoms with Crippen LogP contribution in [0.1, 0.15) is 5.56 Å². The Kier molecular flexibility index (Phi) is 5.31. The van der Waals surface area contributed by atoms with Crippen LogP contribution in [0.2, 0.25) is 0 Å². The molecule has 0 fully saturated rings. The van der Waals surface area contributed by atoms with E-state index in [4.69, 9.17) is 9.47 Å². The molecule has 0 atom stereocenters. The first kappa shape index (κ1) is 15.2. The fraction of sp³-hybridized carbons (Fsp3) is 0.200. The van der Waals surface area contributed by atoms with Gasteiger partial charge in [0.25, 0.3) is 0 Å². The van der Waals surface area contributed by atoms with Crippen molar-refractivity contribution in [2.75, 3.05) is 19.5 Å². The summed E-state index contributed by atoms with van der Waals surface area (Å²) in [5.41, 5.74) is 2.11. The van der Waals surface area contributed by atoms with Crippen molar-refractivity contribution in [3.8, 4) is 11.5 Å². The molecule has 0 radical (unpaired) electrons. The Balaban J connectivity index is 2.18. The van der Waals surface area contributed by atoms with Gasteiger partial charge >= 0.3 is 0 Å². The maximum absolute atomic E-state index is 5.27. The summed E-state index contributed by atoms with van der Waals surface area (Å²) in [5, 5.41) is 3.40. The first-order valence-corrected chi connectivity index (χ1v) is 7.62. The minimum absolute atomic E-state index is 0.675. The highest BCUT2D eigenvalue weighted by Gasteiger charge is 2.06. The fourth-order valence-electron chi connectivity index (χ4n) is 1.83. The summed E-state index contributed by atoms with van der Waals surface area (Å²) < 4.78 is 12.6. The predicted molar refractivity (Wildman–Crippen MR) is 88.7 cm³/mol. The number of para-hydroxylation sites is 1. The average molecular weight is 401 g/mol. The van der Waals surface area contributed by atoms with Crippen molar-refractivity contribution in [2.24, 2.45) is 0 Å². The molecule has 0 bridgehead atoms. The highest BCUT2D eigenvalue weighted by molar-refractivity contribution is 9.11. The summed E-state index contributed by atoms with van der Waals surface area (Å²) in [4.78, 5) is 0. The zero-order chi connectivity index (χ0) is 14.5. The Bertz CT molecular complexity index is 560. The van der Waals surface area contributed by atoms with Crippen LogP contribution in [0.4, 0.5) is 5.69 Å². The highest BCUT2D eigenvalue weighted by Crippen LogP contribution is 2.31. The molecule has 0 saturated carbocycles. The number of nitrogens with one attached hydrogen (secondary N) is 1. The van der Waals surface area contributed by atoms with Crippen LogP contribution in [0, 0.1) is 0 Å². The van der Waals surface area contributed by atoms with Gasteiger partial charge in [-0.2, -0.15) is 0 Å². The normalized spacial score (nSPS) is 10.2. The van der Waals surface area contributed by atoms with Gasteiger partial charge < -0.3 is 14.8 Å². The summed E-state index contributed by atoms with van der Waals surface area (Å²) in [6, 6.07) is 11.8. The minimum atomic E-state index is 0.675. The van der Waals surface area contributed by atoms with Crippen LogP contribution < -0.4 is 14.8 Å². The Labute approximate surface area is 135 Å². The smallest absolute Gasteiger partial charge is 0.122 e. The quantitative estimate of drug-likeness (QED) is 0.778. The van der Waals surface area contributed by atoms with Crippen molar-refractivity contribution in [2.45, 2.75) is 6.54 Å². The molecule has 2 aromatic carbocycles. The summed E-state index contributed by atoms with van der Waals surface area (Å²) in [6.45, 7) is 0.675. The lowest BCUT2D eigenvalue weighted by atomic mass is 10.2. The van der Waals surface area contributed by atoms with E-state index >= 15 is 0 Å². The molecule has 20 heavy (non-hydrogen) atoms. The van der Waals surface area contributed by atoms with Gasteiger partial charge in [-0.05, 0) is 61.7 Å². The first-order valence-electron chi connectivity index (χ1n) is 6.04. The van der Waals surface area contributed by atoms with Gasteiger partial charge in [-0.15, -0.1) is 0 Å². The summed E-state index contributed by atoms with van der Waals surface area (Å²) >= 11 is 7.07. The van der Waals surface area contributed by atoms with E-state index in [0.717, 1.165) is 31.7 Å². The molecular formula is C15H15Br2NO2. The number of methoxy groups -OCH3 is 2. The second kappa shape index (κ2) is 6.99. The SMILES string of the molecule is COc1cc(CNc2c(Br)cccc2Br)cc(OC)c1. The Hall–Kier alpha value is -1.20. The van der Waals surface area contributed by atoms with Crippen molar-refractivity contribution in [1.29, 1.82) is 0 Å². The topological polar surface area (TPSA) is 30.5 Å². The molecule has 2 aromatic rings. The van der Waals surface area contributed by atoms with Crippen LogP contribution in [-0.4, -0.2) is 14.2 Å². The van der Waals surface area contributed by atoms with E-state index in [0.29, 0.717) is 6.54 Å². The maximum Gasteiger partial charge on any atom is 0.122 e. The number of halogens is 2. The number of benzene rings is 2. The summed E-state index contributed by atoms with van der Waals surface area (Å²) in [6.07, 6.45) is 0. The molecule has 0 aliphatic heterocycles. The van der Waals surface area contributed by atoms with Gasteiger partial charge in [0, 0.05) is 21.6 Å². The molecule has 0 heterocycles. The van der Waals surface area contributed by atoms with Gasteiger partial charge in [0.1, 0.15) is 11.5 Å². The largest absolute Gasteiger partial charge is 0.497 e. The molecule has 2 rings (SSSR count). The number of hydrogen-bond donors (Lipinski definition) is 1. The minimum Gasteiger partial charge on any atom is -0.497 e. The summed E-state index contributed by atoms with van der Waals surface area (Å²) in [7, 11) is 3.30. The van der Waals surface area contributed by atoms with Crippen LogP contribution in [0.3, 0.4) is 0 Å². The molecular weight excluding hydrogens is 386 g/mol. The third-order valence-electron chi connectivity index (χ3n) is 2.84. The second-order valence-electron chi connectivity index (χ2n) is 4.17. The number of rotatable bonds is 5. The van der Waals surface area contributed by atoms with E-state index in [1.807, 2.05) is 36.4 Å². The number of hydrogen-bond acceptors (Lipinski definition) is 3. The van der Waals surface area contributed by atoms with Crippen LogP contribution in [0.25, 0.3) is 0 Å². The molecule has 0 aliphatic carbocycles. The zero-order valence-electron chi connectivity index (χ0n) is 11.2. The monoisotopic (exact) mass is 399 g/mol. The second-order valence-corrected chi connectivity index (χ2v) is 5.88. The van der Waals surface area contributed by atoms with E-state index in [9.17, 15) is 0 Å². The molecule has 0 saturated heterocycles. The Morgan fingerprint density at radius 1 is 0.950 bits per heavy atom. The van der Waals surface area contributed by atoms with Crippen molar-refractivity contribution in [3.63, 3.8) is 0 Å². The number of anilines is 1. The van der Waals surface area contributed by atoms with E-state index in [1.54, 1.807) is 14.2 Å². The molecule has 106 valence electrons. The Morgan fingerprint density at radius 3 is 2.00 bits per heavy atom. The predicted octanol–water partition coefficient (Wildman–Crippen LogP) is 4.84. The van der Waals surface area contributed by atoms with E-state index in [1.165, 1.54) is 0 Å². The molecule has 0 spiro atoms. The number of ether oxygens (including phenoxy) is 2. The molecule has 1 N–H and O–H groups in total. The third-order valence-corrected chi connectivity index (χ3v) is 4.16. The van der Waals surface area contributed by atoms with Crippen molar-refractivity contribution >= 4 is 37.5 Å². The van der Waals surface area contributed by atoms with Gasteiger partial charge in [-0.25, -0.2) is 0 Å². The average Bonchev–Trinajstić information content (AvgIpc) is 2.46. The fourth-order valence-corrected chi connectivity index (χ4v) is 3.10. The van der Waals surface area contributed by atoms with Crippen LogP contribution >= 0.6 is 31.9 Å². The zero-order valence-corrected chi connectivity index (χ0v) is 14.4. The molecule has 5 heteroatoms. The van der Waals surface area contributed by atoms with E-state index in [-0.39, 0.29) is 0 Å². The van der Waals surface area contributed by atoms with Gasteiger partial charge in [0.2, 0.25) is 0 Å². The third kappa shape index (κ3) is 3.67. The van der Waals surface area contributed by atoms with Gasteiger partial charge in [-0.1, -0.05) is 6.07 Å². The molecule has 0 aliphatic rings. The van der Waals surface area contributed by atoms with Gasteiger partial charge in [-0.3, -0.25) is 0 Å². The van der Waals surface area contributed by atoms with E-state index in [2.05, 4.69) is 37.2 Å². The van der Waals surface area contributed by atoms with Crippen molar-refractivity contribution in [1.82, 2.24) is 0 Å². The standard InChI is InChI=1S/C15H15Br2NO2/c1-19-11-6-10(7-12(8-11)20-2)9-18-15-13(16)4-3-5-14(15)17/h3-8,18H,9H2,1-2H3. The molecule has 0 amide bonds. The van der Waals surface area contributed by atoms with Crippen molar-refractivity contribution < 1.29 is 9.47 Å². The Morgan fingerprint density at radius 2 is 1.50 bits per heavy atom. The van der Waals surface area contributed by atoms with Gasteiger partial charge in [0.05, 0.1) is 19.9 Å². The van der Waals surface area contributed by atoms with Crippen LogP contribution in [-0.2, 0) is 6.54 Å². The van der Waals surface area contributed by atoms with Crippen LogP contribution in [0.15, 0.2) is 45.3 Å². The maximum atomic E-state index is 5.27. The lowest BCUT2D eigenvalue weighted by molar-refractivity contribution is 0.393. The van der Waals surface area contributed by atoms with Crippen LogP contribution in [0.5, 0.6) is 11.5 Å². The summed E-state index contributed by atoms with van der Waals surface area (Å²) in [5.74, 6) is 1.57. The molecule has 3 nitrogen and oxygen atoms in total. The van der Waals surface area contributed by atoms with E-state index < -0.39 is 0 Å². The lowest BCUT2D eigenvalue weighted by Crippen LogP contribution is -2.01. The molecule has 0 unspecified atom stereocenters. The molecule has 0 aromatic heterocycles. The first-order chi connectivity index (χ1) is 9.63. The van der Waals surface area contributed by atoms with Crippen molar-refractivity contribution in [3.05, 3.63) is 50.9 Å². The highest BCUT2D eigenvalue weighted by atomic mass is 79.9.